The molecule has 2 rings (SSSR count). The summed E-state index contributed by atoms with van der Waals surface area (Å²) in [7, 11) is 0. The Labute approximate surface area is 122 Å². The topological polar surface area (TPSA) is 20.3 Å². The second kappa shape index (κ2) is 7.28. The maximum Gasteiger partial charge on any atom is 0.225 e. The summed E-state index contributed by atoms with van der Waals surface area (Å²) in [6.45, 7) is 5.95. The van der Waals surface area contributed by atoms with E-state index in [9.17, 15) is 4.79 Å². The van der Waals surface area contributed by atoms with Gasteiger partial charge in [-0.05, 0) is 31.7 Å². The Balaban J connectivity index is 1.98. The lowest BCUT2D eigenvalue weighted by Gasteiger charge is -2.23. The minimum Gasteiger partial charge on any atom is -0.338 e. The van der Waals surface area contributed by atoms with Gasteiger partial charge in [-0.1, -0.05) is 55.3 Å². The molecule has 1 aromatic rings. The van der Waals surface area contributed by atoms with Crippen molar-refractivity contribution < 1.29 is 4.79 Å². The van der Waals surface area contributed by atoms with Crippen molar-refractivity contribution in [2.24, 2.45) is 5.92 Å². The van der Waals surface area contributed by atoms with E-state index in [0.717, 1.165) is 38.8 Å². The molecule has 0 atom stereocenters. The maximum absolute atomic E-state index is 12.3. The van der Waals surface area contributed by atoms with Gasteiger partial charge >= 0.3 is 0 Å². The molecule has 1 fully saturated rings. The predicted octanol–water partition coefficient (Wildman–Crippen LogP) is 4.13. The highest BCUT2D eigenvalue weighted by Crippen LogP contribution is 2.31. The number of unbranched alkanes of at least 4 members (excludes halogenated alkanes) is 1. The van der Waals surface area contributed by atoms with Gasteiger partial charge in [0.15, 0.2) is 0 Å². The molecular formula is C18H25NO. The Kier molecular flexibility index (Phi) is 5.40. The lowest BCUT2D eigenvalue weighted by atomic mass is 10.1. The van der Waals surface area contributed by atoms with Crippen LogP contribution >= 0.6 is 0 Å². The van der Waals surface area contributed by atoms with E-state index in [2.05, 4.69) is 37.0 Å². The third-order valence-electron chi connectivity index (χ3n) is 3.67. The lowest BCUT2D eigenvalue weighted by Crippen LogP contribution is -2.34. The number of carbonyl (C=O) groups excluding carboxylic acids is 1. The molecular weight excluding hydrogens is 246 g/mol. The van der Waals surface area contributed by atoms with E-state index in [1.165, 1.54) is 11.1 Å². The highest BCUT2D eigenvalue weighted by molar-refractivity contribution is 5.81. The molecule has 1 aliphatic carbocycles. The van der Waals surface area contributed by atoms with Gasteiger partial charge in [-0.2, -0.15) is 0 Å². The van der Waals surface area contributed by atoms with Crippen molar-refractivity contribution in [3.8, 4) is 0 Å². The van der Waals surface area contributed by atoms with Crippen LogP contribution in [-0.4, -0.2) is 23.9 Å². The predicted molar refractivity (Wildman–Crippen MR) is 84.3 cm³/mol. The number of amides is 1. The Morgan fingerprint density at radius 3 is 2.60 bits per heavy atom. The first-order chi connectivity index (χ1) is 9.70. The summed E-state index contributed by atoms with van der Waals surface area (Å²) >= 11 is 0. The summed E-state index contributed by atoms with van der Waals surface area (Å²) in [4.78, 5) is 14.3. The third-order valence-corrected chi connectivity index (χ3v) is 3.67. The molecule has 0 saturated heterocycles. The lowest BCUT2D eigenvalue weighted by molar-refractivity contribution is -0.132. The molecule has 1 saturated carbocycles. The highest BCUT2D eigenvalue weighted by Gasteiger charge is 2.33. The van der Waals surface area contributed by atoms with E-state index in [0.29, 0.717) is 11.8 Å². The van der Waals surface area contributed by atoms with Crippen LogP contribution in [0.1, 0.15) is 45.1 Å². The molecule has 0 heterocycles. The molecule has 0 radical (unpaired) electrons. The SMILES string of the molecule is CCCCN(C/C(C)=C/c1ccccc1)C(=O)C1CC1. The van der Waals surface area contributed by atoms with Gasteiger partial charge in [0.2, 0.25) is 5.91 Å². The van der Waals surface area contributed by atoms with Crippen LogP contribution in [0.5, 0.6) is 0 Å². The van der Waals surface area contributed by atoms with E-state index in [4.69, 9.17) is 0 Å². The van der Waals surface area contributed by atoms with E-state index in [1.807, 2.05) is 18.2 Å². The van der Waals surface area contributed by atoms with Crippen LogP contribution in [0.25, 0.3) is 6.08 Å². The van der Waals surface area contributed by atoms with Crippen LogP contribution in [0.15, 0.2) is 35.9 Å². The largest absolute Gasteiger partial charge is 0.338 e. The summed E-state index contributed by atoms with van der Waals surface area (Å²) < 4.78 is 0. The Morgan fingerprint density at radius 1 is 1.30 bits per heavy atom. The van der Waals surface area contributed by atoms with Crippen LogP contribution < -0.4 is 0 Å². The number of hydrogen-bond donors (Lipinski definition) is 0. The maximum atomic E-state index is 12.3. The first kappa shape index (κ1) is 14.8. The van der Waals surface area contributed by atoms with Gasteiger partial charge in [0.25, 0.3) is 0 Å². The minimum absolute atomic E-state index is 0.316. The van der Waals surface area contributed by atoms with Crippen LogP contribution in [0.4, 0.5) is 0 Å². The highest BCUT2D eigenvalue weighted by atomic mass is 16.2. The van der Waals surface area contributed by atoms with E-state index in [1.54, 1.807) is 0 Å². The average Bonchev–Trinajstić information content (AvgIpc) is 3.28. The monoisotopic (exact) mass is 271 g/mol. The van der Waals surface area contributed by atoms with Gasteiger partial charge in [-0.3, -0.25) is 4.79 Å². The van der Waals surface area contributed by atoms with Gasteiger partial charge < -0.3 is 4.90 Å². The van der Waals surface area contributed by atoms with E-state index >= 15 is 0 Å². The molecule has 0 N–H and O–H groups in total. The van der Waals surface area contributed by atoms with E-state index < -0.39 is 0 Å². The summed E-state index contributed by atoms with van der Waals surface area (Å²) in [6.07, 6.45) is 6.58. The van der Waals surface area contributed by atoms with Gasteiger partial charge in [-0.25, -0.2) is 0 Å². The smallest absolute Gasteiger partial charge is 0.225 e. The number of hydrogen-bond acceptors (Lipinski definition) is 1. The normalized spacial score (nSPS) is 15.2. The number of carbonyl (C=O) groups is 1. The molecule has 20 heavy (non-hydrogen) atoms. The summed E-state index contributed by atoms with van der Waals surface area (Å²) in [6, 6.07) is 10.3. The Hall–Kier alpha value is -1.57. The molecule has 0 bridgehead atoms. The second-order valence-electron chi connectivity index (χ2n) is 5.79. The summed E-state index contributed by atoms with van der Waals surface area (Å²) in [5, 5.41) is 0. The molecule has 2 nitrogen and oxygen atoms in total. The first-order valence-corrected chi connectivity index (χ1v) is 7.71. The fourth-order valence-corrected chi connectivity index (χ4v) is 2.39. The molecule has 0 aromatic heterocycles. The van der Waals surface area contributed by atoms with Crippen LogP contribution in [-0.2, 0) is 4.79 Å². The van der Waals surface area contributed by atoms with Crippen LogP contribution in [0.3, 0.4) is 0 Å². The standard InChI is InChI=1S/C18H25NO/c1-3-4-12-19(18(20)17-10-11-17)14-15(2)13-16-8-6-5-7-9-16/h5-9,13,17H,3-4,10-12,14H2,1-2H3/b15-13+. The minimum atomic E-state index is 0.316. The molecule has 108 valence electrons. The van der Waals surface area contributed by atoms with Gasteiger partial charge in [0.1, 0.15) is 0 Å². The number of nitrogens with zero attached hydrogens (tertiary/aromatic N) is 1. The third kappa shape index (κ3) is 4.52. The van der Waals surface area contributed by atoms with E-state index in [-0.39, 0.29) is 0 Å². The first-order valence-electron chi connectivity index (χ1n) is 7.71. The second-order valence-corrected chi connectivity index (χ2v) is 5.79. The Morgan fingerprint density at radius 2 is 2.00 bits per heavy atom. The van der Waals surface area contributed by atoms with Crippen molar-refractivity contribution in [1.29, 1.82) is 0 Å². The molecule has 0 spiro atoms. The quantitative estimate of drug-likeness (QED) is 0.730. The zero-order valence-corrected chi connectivity index (χ0v) is 12.6. The molecule has 1 aromatic carbocycles. The molecule has 0 unspecified atom stereocenters. The van der Waals surface area contributed by atoms with Gasteiger partial charge in [-0.15, -0.1) is 0 Å². The van der Waals surface area contributed by atoms with Gasteiger partial charge in [0.05, 0.1) is 0 Å². The van der Waals surface area contributed by atoms with Crippen molar-refractivity contribution in [3.63, 3.8) is 0 Å². The average molecular weight is 271 g/mol. The Bertz CT molecular complexity index is 460. The van der Waals surface area contributed by atoms with Crippen molar-refractivity contribution in [2.45, 2.75) is 39.5 Å². The van der Waals surface area contributed by atoms with Gasteiger partial charge in [0, 0.05) is 19.0 Å². The van der Waals surface area contributed by atoms with Crippen molar-refractivity contribution in [2.75, 3.05) is 13.1 Å². The molecule has 1 aliphatic rings. The molecule has 2 heteroatoms. The number of benzene rings is 1. The zero-order valence-electron chi connectivity index (χ0n) is 12.6. The fourth-order valence-electron chi connectivity index (χ4n) is 2.39. The van der Waals surface area contributed by atoms with Crippen molar-refractivity contribution in [1.82, 2.24) is 4.90 Å². The zero-order chi connectivity index (χ0) is 14.4. The van der Waals surface area contributed by atoms with Crippen molar-refractivity contribution >= 4 is 12.0 Å². The summed E-state index contributed by atoms with van der Waals surface area (Å²) in [5.41, 5.74) is 2.46. The number of rotatable bonds is 7. The van der Waals surface area contributed by atoms with Crippen LogP contribution in [0, 0.1) is 5.92 Å². The molecule has 1 amide bonds. The van der Waals surface area contributed by atoms with Crippen LogP contribution in [0.2, 0.25) is 0 Å². The molecule has 0 aliphatic heterocycles. The fraction of sp³-hybridized carbons (Fsp3) is 0.500. The summed E-state index contributed by atoms with van der Waals surface area (Å²) in [5.74, 6) is 0.677. The van der Waals surface area contributed by atoms with Crippen molar-refractivity contribution in [3.05, 3.63) is 41.5 Å².